The van der Waals surface area contributed by atoms with Gasteiger partial charge in [-0.15, -0.1) is 0 Å². The number of carbonyl (C=O) groups excluding carboxylic acids is 1. The van der Waals surface area contributed by atoms with Crippen molar-refractivity contribution in [2.75, 3.05) is 13.2 Å². The molecule has 0 fully saturated rings. The second-order valence-corrected chi connectivity index (χ2v) is 5.00. The lowest BCUT2D eigenvalue weighted by atomic mass is 10.1. The summed E-state index contributed by atoms with van der Waals surface area (Å²) >= 11 is 0. The van der Waals surface area contributed by atoms with Crippen LogP contribution in [0.15, 0.2) is 33.5 Å². The number of hydrogen-bond donors (Lipinski definition) is 1. The summed E-state index contributed by atoms with van der Waals surface area (Å²) in [6.07, 6.45) is -0.451. The van der Waals surface area contributed by atoms with Crippen molar-refractivity contribution < 1.29 is 23.8 Å². The first-order valence-corrected chi connectivity index (χ1v) is 6.94. The molecule has 0 aliphatic heterocycles. The summed E-state index contributed by atoms with van der Waals surface area (Å²) in [5.74, 6) is 0.112. The molecule has 1 N–H and O–H groups in total. The fourth-order valence-electron chi connectivity index (χ4n) is 2.00. The molecule has 0 bridgehead atoms. The van der Waals surface area contributed by atoms with Crippen molar-refractivity contribution in [1.29, 1.82) is 0 Å². The van der Waals surface area contributed by atoms with Crippen molar-refractivity contribution in [3.8, 4) is 5.75 Å². The minimum absolute atomic E-state index is 0.0511. The van der Waals surface area contributed by atoms with Gasteiger partial charge < -0.3 is 19.0 Å². The SMILES string of the molecule is CC(=O)OC[C@H](O)CCOc1ccc2c(C)cc(=O)oc2c1. The molecule has 1 aromatic heterocycles. The molecule has 1 heterocycles. The van der Waals surface area contributed by atoms with Gasteiger partial charge in [-0.25, -0.2) is 4.79 Å². The van der Waals surface area contributed by atoms with Gasteiger partial charge in [-0.3, -0.25) is 4.79 Å². The van der Waals surface area contributed by atoms with Crippen LogP contribution >= 0.6 is 0 Å². The molecule has 2 rings (SSSR count). The normalized spacial score (nSPS) is 12.1. The maximum Gasteiger partial charge on any atom is 0.336 e. The van der Waals surface area contributed by atoms with Crippen LogP contribution < -0.4 is 10.4 Å². The predicted octanol–water partition coefficient (Wildman–Crippen LogP) is 1.79. The Morgan fingerprint density at radius 3 is 2.86 bits per heavy atom. The number of carbonyl (C=O) groups is 1. The topological polar surface area (TPSA) is 86.0 Å². The Bertz CT molecular complexity index is 718. The molecule has 0 unspecified atom stereocenters. The molecule has 6 heteroatoms. The third-order valence-corrected chi connectivity index (χ3v) is 3.12. The first kappa shape index (κ1) is 16.0. The fourth-order valence-corrected chi connectivity index (χ4v) is 2.00. The number of aliphatic hydroxyl groups excluding tert-OH is 1. The number of benzene rings is 1. The van der Waals surface area contributed by atoms with E-state index in [1.54, 1.807) is 12.1 Å². The number of fused-ring (bicyclic) bond motifs is 1. The molecule has 0 amide bonds. The molecule has 0 spiro atoms. The van der Waals surface area contributed by atoms with E-state index in [0.29, 0.717) is 17.8 Å². The number of aryl methyl sites for hydroxylation is 1. The molecule has 0 aliphatic carbocycles. The monoisotopic (exact) mass is 306 g/mol. The lowest BCUT2D eigenvalue weighted by molar-refractivity contribution is -0.144. The van der Waals surface area contributed by atoms with Gasteiger partial charge in [-0.05, 0) is 24.6 Å². The Morgan fingerprint density at radius 2 is 2.14 bits per heavy atom. The van der Waals surface area contributed by atoms with Crippen molar-refractivity contribution in [2.45, 2.75) is 26.4 Å². The van der Waals surface area contributed by atoms with E-state index in [1.165, 1.54) is 13.0 Å². The van der Waals surface area contributed by atoms with Crippen LogP contribution in [0.3, 0.4) is 0 Å². The Morgan fingerprint density at radius 1 is 1.36 bits per heavy atom. The smallest absolute Gasteiger partial charge is 0.336 e. The van der Waals surface area contributed by atoms with Crippen LogP contribution in [0.5, 0.6) is 5.75 Å². The molecule has 0 saturated carbocycles. The molecular weight excluding hydrogens is 288 g/mol. The summed E-state index contributed by atoms with van der Waals surface area (Å²) in [4.78, 5) is 22.0. The van der Waals surface area contributed by atoms with Crippen molar-refractivity contribution >= 4 is 16.9 Å². The Balaban J connectivity index is 1.95. The van der Waals surface area contributed by atoms with Gasteiger partial charge in [0.25, 0.3) is 0 Å². The molecule has 1 atom stereocenters. The number of aliphatic hydroxyl groups is 1. The van der Waals surface area contributed by atoms with E-state index in [2.05, 4.69) is 0 Å². The summed E-state index contributed by atoms with van der Waals surface area (Å²) in [6, 6.07) is 6.67. The highest BCUT2D eigenvalue weighted by Gasteiger charge is 2.08. The highest BCUT2D eigenvalue weighted by Crippen LogP contribution is 2.22. The molecule has 0 saturated heterocycles. The molecule has 0 radical (unpaired) electrons. The average molecular weight is 306 g/mol. The summed E-state index contributed by atoms with van der Waals surface area (Å²) in [5.41, 5.74) is 0.900. The van der Waals surface area contributed by atoms with Gasteiger partial charge in [0.2, 0.25) is 0 Å². The average Bonchev–Trinajstić information content (AvgIpc) is 2.44. The number of hydrogen-bond acceptors (Lipinski definition) is 6. The second-order valence-electron chi connectivity index (χ2n) is 5.00. The maximum atomic E-state index is 11.4. The molecule has 22 heavy (non-hydrogen) atoms. The molecule has 118 valence electrons. The lowest BCUT2D eigenvalue weighted by Gasteiger charge is -2.11. The van der Waals surface area contributed by atoms with Crippen LogP contribution in [0.1, 0.15) is 18.9 Å². The number of esters is 1. The van der Waals surface area contributed by atoms with Crippen molar-refractivity contribution in [3.05, 3.63) is 40.2 Å². The van der Waals surface area contributed by atoms with Crippen molar-refractivity contribution in [3.63, 3.8) is 0 Å². The van der Waals surface area contributed by atoms with Gasteiger partial charge in [0.15, 0.2) is 0 Å². The van der Waals surface area contributed by atoms with Gasteiger partial charge in [-0.2, -0.15) is 0 Å². The predicted molar refractivity (Wildman–Crippen MR) is 80.0 cm³/mol. The summed E-state index contributed by atoms with van der Waals surface area (Å²) < 4.78 is 15.3. The van der Waals surface area contributed by atoms with E-state index < -0.39 is 17.7 Å². The van der Waals surface area contributed by atoms with E-state index in [-0.39, 0.29) is 13.2 Å². The van der Waals surface area contributed by atoms with Gasteiger partial charge in [-0.1, -0.05) is 0 Å². The summed E-state index contributed by atoms with van der Waals surface area (Å²) in [7, 11) is 0. The quantitative estimate of drug-likeness (QED) is 0.647. The van der Waals surface area contributed by atoms with Crippen molar-refractivity contribution in [1.82, 2.24) is 0 Å². The Labute approximate surface area is 127 Å². The summed E-state index contributed by atoms with van der Waals surface area (Å²) in [6.45, 7) is 3.33. The third-order valence-electron chi connectivity index (χ3n) is 3.12. The maximum absolute atomic E-state index is 11.4. The van der Waals surface area contributed by atoms with Crippen LogP contribution in [-0.2, 0) is 9.53 Å². The Kier molecular flexibility index (Phi) is 5.16. The van der Waals surface area contributed by atoms with Crippen LogP contribution in [0.2, 0.25) is 0 Å². The van der Waals surface area contributed by atoms with E-state index in [4.69, 9.17) is 13.9 Å². The zero-order valence-corrected chi connectivity index (χ0v) is 12.5. The molecule has 6 nitrogen and oxygen atoms in total. The molecule has 1 aromatic carbocycles. The van der Waals surface area contributed by atoms with Gasteiger partial charge in [0, 0.05) is 30.9 Å². The van der Waals surface area contributed by atoms with Crippen molar-refractivity contribution in [2.24, 2.45) is 0 Å². The first-order valence-electron chi connectivity index (χ1n) is 6.94. The highest BCUT2D eigenvalue weighted by molar-refractivity contribution is 5.81. The largest absolute Gasteiger partial charge is 0.493 e. The summed E-state index contributed by atoms with van der Waals surface area (Å²) in [5, 5.41) is 10.5. The van der Waals surface area contributed by atoms with E-state index in [1.807, 2.05) is 13.0 Å². The third kappa shape index (κ3) is 4.33. The Hall–Kier alpha value is -2.34. The first-order chi connectivity index (χ1) is 10.5. The molecule has 2 aromatic rings. The minimum Gasteiger partial charge on any atom is -0.493 e. The zero-order valence-electron chi connectivity index (χ0n) is 12.5. The molecular formula is C16H18O6. The number of ether oxygens (including phenoxy) is 2. The highest BCUT2D eigenvalue weighted by atomic mass is 16.5. The standard InChI is InChI=1S/C16H18O6/c1-10-7-16(19)22-15-8-13(3-4-14(10)15)20-6-5-12(18)9-21-11(2)17/h3-4,7-8,12,18H,5-6,9H2,1-2H3/t12-/m1/s1. The van der Waals surface area contributed by atoms with Gasteiger partial charge >= 0.3 is 11.6 Å². The molecule has 0 aliphatic rings. The van der Waals surface area contributed by atoms with E-state index in [0.717, 1.165) is 10.9 Å². The van der Waals surface area contributed by atoms with Gasteiger partial charge in [0.1, 0.15) is 17.9 Å². The second kappa shape index (κ2) is 7.09. The van der Waals surface area contributed by atoms with Crippen LogP contribution in [0.25, 0.3) is 11.0 Å². The van der Waals surface area contributed by atoms with E-state index in [9.17, 15) is 14.7 Å². The fraction of sp³-hybridized carbons (Fsp3) is 0.375. The minimum atomic E-state index is -0.774. The van der Waals surface area contributed by atoms with Crippen LogP contribution in [0.4, 0.5) is 0 Å². The number of rotatable bonds is 6. The van der Waals surface area contributed by atoms with E-state index >= 15 is 0 Å². The van der Waals surface area contributed by atoms with Crippen LogP contribution in [0, 0.1) is 6.92 Å². The van der Waals surface area contributed by atoms with Gasteiger partial charge in [0.05, 0.1) is 12.7 Å². The lowest BCUT2D eigenvalue weighted by Crippen LogP contribution is -2.20. The van der Waals surface area contributed by atoms with Crippen LogP contribution in [-0.4, -0.2) is 30.4 Å². The zero-order chi connectivity index (χ0) is 16.1.